The minimum absolute atomic E-state index is 0.439. The van der Waals surface area contributed by atoms with Crippen LogP contribution in [0.5, 0.6) is 0 Å². The summed E-state index contributed by atoms with van der Waals surface area (Å²) in [5.41, 5.74) is 1.35. The Kier molecular flexibility index (Phi) is 6.75. The van der Waals surface area contributed by atoms with Gasteiger partial charge in [0.15, 0.2) is 0 Å². The molecule has 1 nitrogen and oxygen atoms in total. The van der Waals surface area contributed by atoms with E-state index in [-0.39, 0.29) is 0 Å². The van der Waals surface area contributed by atoms with E-state index in [0.717, 1.165) is 16.9 Å². The van der Waals surface area contributed by atoms with Gasteiger partial charge in [-0.3, -0.25) is 0 Å². The quantitative estimate of drug-likeness (QED) is 0.724. The highest BCUT2D eigenvalue weighted by Gasteiger charge is 2.14. The summed E-state index contributed by atoms with van der Waals surface area (Å²) in [6, 6.07) is 6.82. The van der Waals surface area contributed by atoms with Gasteiger partial charge in [-0.15, -0.1) is 0 Å². The molecule has 0 aliphatic rings. The lowest BCUT2D eigenvalue weighted by atomic mass is 9.97. The van der Waals surface area contributed by atoms with Crippen LogP contribution in [0.25, 0.3) is 0 Å². The van der Waals surface area contributed by atoms with E-state index in [4.69, 9.17) is 0 Å². The van der Waals surface area contributed by atoms with Crippen molar-refractivity contribution in [2.45, 2.75) is 39.7 Å². The Morgan fingerprint density at radius 1 is 1.18 bits per heavy atom. The van der Waals surface area contributed by atoms with Crippen LogP contribution in [0.1, 0.15) is 45.2 Å². The van der Waals surface area contributed by atoms with E-state index >= 15 is 0 Å². The van der Waals surface area contributed by atoms with E-state index in [9.17, 15) is 0 Å². The third-order valence-corrected chi connectivity index (χ3v) is 4.03. The number of hydrogen-bond donors (Lipinski definition) is 1. The minimum atomic E-state index is 0.439. The van der Waals surface area contributed by atoms with Crippen LogP contribution in [0.3, 0.4) is 0 Å². The first-order chi connectivity index (χ1) is 8.04. The molecule has 1 aromatic carbocycles. The van der Waals surface area contributed by atoms with Crippen LogP contribution >= 0.6 is 31.9 Å². The van der Waals surface area contributed by atoms with Crippen molar-refractivity contribution in [2.24, 2.45) is 5.92 Å². The average molecular weight is 363 g/mol. The molecular weight excluding hydrogens is 342 g/mol. The van der Waals surface area contributed by atoms with E-state index in [1.165, 1.54) is 22.9 Å². The number of nitrogens with one attached hydrogen (secondary N) is 1. The van der Waals surface area contributed by atoms with Gasteiger partial charge in [0.2, 0.25) is 0 Å². The zero-order valence-corrected chi connectivity index (χ0v) is 13.9. The Labute approximate surface area is 122 Å². The molecule has 0 spiro atoms. The summed E-state index contributed by atoms with van der Waals surface area (Å²) in [7, 11) is 0. The molecule has 0 aliphatic heterocycles. The van der Waals surface area contributed by atoms with Gasteiger partial charge in [0.05, 0.1) is 0 Å². The maximum Gasteiger partial charge on any atom is 0.0331 e. The highest BCUT2D eigenvalue weighted by atomic mass is 79.9. The summed E-state index contributed by atoms with van der Waals surface area (Å²) in [5, 5.41) is 3.57. The average Bonchev–Trinajstić information content (AvgIpc) is 2.27. The molecule has 0 radical (unpaired) electrons. The lowest BCUT2D eigenvalue weighted by Gasteiger charge is -2.21. The summed E-state index contributed by atoms with van der Waals surface area (Å²) in [6.07, 6.45) is 2.43. The van der Waals surface area contributed by atoms with E-state index in [1.807, 2.05) is 0 Å². The Bertz CT molecular complexity index is 350. The minimum Gasteiger partial charge on any atom is -0.310 e. The van der Waals surface area contributed by atoms with Crippen LogP contribution in [-0.2, 0) is 0 Å². The summed E-state index contributed by atoms with van der Waals surface area (Å²) < 4.78 is 2.33. The molecular formula is C14H21Br2N. The van der Waals surface area contributed by atoms with Crippen LogP contribution in [0.2, 0.25) is 0 Å². The van der Waals surface area contributed by atoms with Gasteiger partial charge < -0.3 is 5.32 Å². The summed E-state index contributed by atoms with van der Waals surface area (Å²) in [5.74, 6) is 0.752. The van der Waals surface area contributed by atoms with Crippen molar-refractivity contribution in [3.05, 3.63) is 32.7 Å². The van der Waals surface area contributed by atoms with E-state index in [0.29, 0.717) is 6.04 Å². The van der Waals surface area contributed by atoms with Crippen LogP contribution in [0.15, 0.2) is 27.1 Å². The lowest BCUT2D eigenvalue weighted by molar-refractivity contribution is 0.447. The van der Waals surface area contributed by atoms with Crippen molar-refractivity contribution < 1.29 is 0 Å². The predicted octanol–water partition coefficient (Wildman–Crippen LogP) is 5.30. The van der Waals surface area contributed by atoms with Crippen molar-refractivity contribution in [1.29, 1.82) is 0 Å². The molecule has 0 amide bonds. The Morgan fingerprint density at radius 2 is 1.88 bits per heavy atom. The summed E-state index contributed by atoms with van der Waals surface area (Å²) in [6.45, 7) is 7.72. The zero-order chi connectivity index (χ0) is 12.8. The Morgan fingerprint density at radius 3 is 2.47 bits per heavy atom. The van der Waals surface area contributed by atoms with Gasteiger partial charge >= 0.3 is 0 Å². The Balaban J connectivity index is 2.84. The summed E-state index contributed by atoms with van der Waals surface area (Å²) in [4.78, 5) is 0. The molecule has 96 valence electrons. The van der Waals surface area contributed by atoms with E-state index < -0.39 is 0 Å². The third-order valence-electron chi connectivity index (χ3n) is 2.82. The molecule has 0 saturated carbocycles. The molecule has 1 aromatic rings. The standard InChI is InChI=1S/C14H21Br2N/c1-4-17-14(8-5-10(2)3)12-9-11(15)6-7-13(12)16/h6-7,9-10,14,17H,4-5,8H2,1-3H3. The van der Waals surface area contributed by atoms with Crippen LogP contribution < -0.4 is 5.32 Å². The monoisotopic (exact) mass is 361 g/mol. The van der Waals surface area contributed by atoms with E-state index in [2.05, 4.69) is 76.1 Å². The molecule has 0 bridgehead atoms. The zero-order valence-electron chi connectivity index (χ0n) is 10.8. The van der Waals surface area contributed by atoms with E-state index in [1.54, 1.807) is 0 Å². The van der Waals surface area contributed by atoms with Crippen LogP contribution in [-0.4, -0.2) is 6.54 Å². The van der Waals surface area contributed by atoms with Gasteiger partial charge in [0.1, 0.15) is 0 Å². The number of rotatable bonds is 6. The van der Waals surface area contributed by atoms with Crippen LogP contribution in [0.4, 0.5) is 0 Å². The fourth-order valence-corrected chi connectivity index (χ4v) is 2.80. The SMILES string of the molecule is CCNC(CCC(C)C)c1cc(Br)ccc1Br. The predicted molar refractivity (Wildman–Crippen MR) is 82.3 cm³/mol. The van der Waals surface area contributed by atoms with Gasteiger partial charge in [-0.05, 0) is 49.1 Å². The van der Waals surface area contributed by atoms with Crippen molar-refractivity contribution in [2.75, 3.05) is 6.54 Å². The highest BCUT2D eigenvalue weighted by Crippen LogP contribution is 2.30. The van der Waals surface area contributed by atoms with Gasteiger partial charge in [0.25, 0.3) is 0 Å². The molecule has 1 rings (SSSR count). The second-order valence-electron chi connectivity index (χ2n) is 4.75. The number of halogens is 2. The molecule has 17 heavy (non-hydrogen) atoms. The molecule has 0 fully saturated rings. The molecule has 0 aromatic heterocycles. The smallest absolute Gasteiger partial charge is 0.0331 e. The van der Waals surface area contributed by atoms with Crippen LogP contribution in [0, 0.1) is 5.92 Å². The fourth-order valence-electron chi connectivity index (χ4n) is 1.90. The Hall–Kier alpha value is 0.140. The van der Waals surface area contributed by atoms with Crippen molar-refractivity contribution in [1.82, 2.24) is 5.32 Å². The largest absolute Gasteiger partial charge is 0.310 e. The van der Waals surface area contributed by atoms with Gasteiger partial charge in [-0.1, -0.05) is 52.6 Å². The first-order valence-corrected chi connectivity index (χ1v) is 7.81. The first kappa shape index (κ1) is 15.2. The molecule has 3 heteroatoms. The second kappa shape index (κ2) is 7.55. The molecule has 0 saturated heterocycles. The topological polar surface area (TPSA) is 12.0 Å². The molecule has 0 aliphatic carbocycles. The molecule has 0 heterocycles. The van der Waals surface area contributed by atoms with Crippen molar-refractivity contribution >= 4 is 31.9 Å². The number of benzene rings is 1. The first-order valence-electron chi connectivity index (χ1n) is 6.23. The maximum atomic E-state index is 3.65. The van der Waals surface area contributed by atoms with Crippen molar-refractivity contribution in [3.8, 4) is 0 Å². The van der Waals surface area contributed by atoms with Crippen molar-refractivity contribution in [3.63, 3.8) is 0 Å². The summed E-state index contributed by atoms with van der Waals surface area (Å²) >= 11 is 7.19. The molecule has 1 unspecified atom stereocenters. The lowest BCUT2D eigenvalue weighted by Crippen LogP contribution is -2.21. The normalized spacial score (nSPS) is 13.1. The molecule has 1 N–H and O–H groups in total. The fraction of sp³-hybridized carbons (Fsp3) is 0.571. The third kappa shape index (κ3) is 5.11. The van der Waals surface area contributed by atoms with Gasteiger partial charge in [-0.2, -0.15) is 0 Å². The van der Waals surface area contributed by atoms with Gasteiger partial charge in [0, 0.05) is 15.0 Å². The van der Waals surface area contributed by atoms with Gasteiger partial charge in [-0.25, -0.2) is 0 Å². The number of hydrogen-bond acceptors (Lipinski definition) is 1. The highest BCUT2D eigenvalue weighted by molar-refractivity contribution is 9.11. The molecule has 1 atom stereocenters. The maximum absolute atomic E-state index is 3.65. The second-order valence-corrected chi connectivity index (χ2v) is 6.52.